The molecule has 2 aromatic carbocycles. The molecule has 0 saturated heterocycles. The van der Waals surface area contributed by atoms with E-state index in [0.717, 1.165) is 10.9 Å². The van der Waals surface area contributed by atoms with Crippen LogP contribution in [-0.4, -0.2) is 35.4 Å². The van der Waals surface area contributed by atoms with Gasteiger partial charge in [0, 0.05) is 22.6 Å². The van der Waals surface area contributed by atoms with Gasteiger partial charge in [-0.15, -0.1) is 0 Å². The SMILES string of the molecule is CCC(C)NC(=O)C(C)N(Cc1ccccc1F)C(=O)COc1ccc(Br)cc1. The van der Waals surface area contributed by atoms with Crippen LogP contribution >= 0.6 is 15.9 Å². The van der Waals surface area contributed by atoms with E-state index in [1.807, 2.05) is 13.8 Å². The van der Waals surface area contributed by atoms with E-state index < -0.39 is 17.8 Å². The van der Waals surface area contributed by atoms with E-state index in [2.05, 4.69) is 21.2 Å². The summed E-state index contributed by atoms with van der Waals surface area (Å²) in [7, 11) is 0. The molecule has 0 aliphatic heterocycles. The summed E-state index contributed by atoms with van der Waals surface area (Å²) in [4.78, 5) is 26.8. The minimum Gasteiger partial charge on any atom is -0.484 e. The molecule has 2 atom stereocenters. The second-order valence-electron chi connectivity index (χ2n) is 6.85. The van der Waals surface area contributed by atoms with E-state index in [-0.39, 0.29) is 25.1 Å². The predicted molar refractivity (Wildman–Crippen MR) is 114 cm³/mol. The van der Waals surface area contributed by atoms with E-state index in [9.17, 15) is 14.0 Å². The van der Waals surface area contributed by atoms with Crippen LogP contribution in [0.4, 0.5) is 4.39 Å². The van der Waals surface area contributed by atoms with Crippen LogP contribution in [-0.2, 0) is 16.1 Å². The average Bonchev–Trinajstić information content (AvgIpc) is 2.71. The fraction of sp³-hybridized carbons (Fsp3) is 0.364. The van der Waals surface area contributed by atoms with Gasteiger partial charge in [-0.1, -0.05) is 41.1 Å². The summed E-state index contributed by atoms with van der Waals surface area (Å²) in [6.45, 7) is 5.21. The summed E-state index contributed by atoms with van der Waals surface area (Å²) in [5.74, 6) is -0.576. The Morgan fingerprint density at radius 2 is 1.79 bits per heavy atom. The van der Waals surface area contributed by atoms with Gasteiger partial charge in [0.1, 0.15) is 17.6 Å². The molecule has 156 valence electrons. The minimum absolute atomic E-state index is 0.0191. The zero-order valence-electron chi connectivity index (χ0n) is 16.8. The molecular weight excluding hydrogens is 439 g/mol. The third-order valence-electron chi connectivity index (χ3n) is 4.64. The van der Waals surface area contributed by atoms with Crippen molar-refractivity contribution in [1.82, 2.24) is 10.2 Å². The number of benzene rings is 2. The molecule has 0 radical (unpaired) electrons. The summed E-state index contributed by atoms with van der Waals surface area (Å²) in [5.41, 5.74) is 0.340. The maximum Gasteiger partial charge on any atom is 0.261 e. The van der Waals surface area contributed by atoms with Gasteiger partial charge in [0.05, 0.1) is 0 Å². The lowest BCUT2D eigenvalue weighted by atomic mass is 10.1. The highest BCUT2D eigenvalue weighted by atomic mass is 79.9. The van der Waals surface area contributed by atoms with Crippen molar-refractivity contribution < 1.29 is 18.7 Å². The van der Waals surface area contributed by atoms with Gasteiger partial charge in [-0.05, 0) is 50.6 Å². The summed E-state index contributed by atoms with van der Waals surface area (Å²) < 4.78 is 20.6. The lowest BCUT2D eigenvalue weighted by molar-refractivity contribution is -0.142. The van der Waals surface area contributed by atoms with Crippen LogP contribution in [0.3, 0.4) is 0 Å². The molecule has 7 heteroatoms. The highest BCUT2D eigenvalue weighted by Gasteiger charge is 2.27. The molecule has 0 saturated carbocycles. The standard InChI is InChI=1S/C22H26BrFN2O3/c1-4-15(2)25-22(28)16(3)26(13-17-7-5-6-8-20(17)24)21(27)14-29-19-11-9-18(23)10-12-19/h5-12,15-16H,4,13-14H2,1-3H3,(H,25,28). The van der Waals surface area contributed by atoms with Gasteiger partial charge in [-0.3, -0.25) is 9.59 Å². The van der Waals surface area contributed by atoms with Gasteiger partial charge in [-0.25, -0.2) is 4.39 Å². The predicted octanol–water partition coefficient (Wildman–Crippen LogP) is 4.30. The lowest BCUT2D eigenvalue weighted by Crippen LogP contribution is -2.50. The largest absolute Gasteiger partial charge is 0.484 e. The molecule has 2 rings (SSSR count). The normalized spacial score (nSPS) is 12.7. The number of nitrogens with one attached hydrogen (secondary N) is 1. The molecule has 5 nitrogen and oxygen atoms in total. The van der Waals surface area contributed by atoms with Crippen molar-refractivity contribution in [3.63, 3.8) is 0 Å². The van der Waals surface area contributed by atoms with Crippen molar-refractivity contribution in [3.8, 4) is 5.75 Å². The van der Waals surface area contributed by atoms with Gasteiger partial charge < -0.3 is 15.0 Å². The molecule has 0 fully saturated rings. The Morgan fingerprint density at radius 3 is 2.41 bits per heavy atom. The molecule has 0 bridgehead atoms. The number of carbonyl (C=O) groups excluding carboxylic acids is 2. The average molecular weight is 465 g/mol. The van der Waals surface area contributed by atoms with Crippen molar-refractivity contribution >= 4 is 27.7 Å². The third-order valence-corrected chi connectivity index (χ3v) is 5.17. The fourth-order valence-electron chi connectivity index (χ4n) is 2.62. The fourth-order valence-corrected chi connectivity index (χ4v) is 2.88. The summed E-state index contributed by atoms with van der Waals surface area (Å²) in [6.07, 6.45) is 0.770. The minimum atomic E-state index is -0.773. The lowest BCUT2D eigenvalue weighted by Gasteiger charge is -2.29. The smallest absolute Gasteiger partial charge is 0.261 e. The van der Waals surface area contributed by atoms with Gasteiger partial charge in [0.2, 0.25) is 5.91 Å². The van der Waals surface area contributed by atoms with Crippen LogP contribution in [0.2, 0.25) is 0 Å². The molecule has 0 aliphatic rings. The van der Waals surface area contributed by atoms with Crippen LogP contribution in [0.25, 0.3) is 0 Å². The first kappa shape index (κ1) is 22.9. The van der Waals surface area contributed by atoms with Crippen LogP contribution in [0.15, 0.2) is 53.0 Å². The second kappa shape index (κ2) is 11.0. The highest BCUT2D eigenvalue weighted by Crippen LogP contribution is 2.17. The van der Waals surface area contributed by atoms with Crippen LogP contribution in [0, 0.1) is 5.82 Å². The molecule has 0 aliphatic carbocycles. The highest BCUT2D eigenvalue weighted by molar-refractivity contribution is 9.10. The number of amides is 2. The summed E-state index contributed by atoms with van der Waals surface area (Å²) in [6, 6.07) is 12.5. The van der Waals surface area contributed by atoms with E-state index >= 15 is 0 Å². The van der Waals surface area contributed by atoms with E-state index in [4.69, 9.17) is 4.74 Å². The Hall–Kier alpha value is -2.41. The number of hydrogen-bond acceptors (Lipinski definition) is 3. The first-order chi connectivity index (χ1) is 13.8. The monoisotopic (exact) mass is 464 g/mol. The number of ether oxygens (including phenoxy) is 1. The van der Waals surface area contributed by atoms with Gasteiger partial charge >= 0.3 is 0 Å². The second-order valence-corrected chi connectivity index (χ2v) is 7.77. The van der Waals surface area contributed by atoms with E-state index in [1.54, 1.807) is 49.4 Å². The molecule has 0 aromatic heterocycles. The van der Waals surface area contributed by atoms with E-state index in [0.29, 0.717) is 11.3 Å². The van der Waals surface area contributed by atoms with Crippen molar-refractivity contribution in [1.29, 1.82) is 0 Å². The molecule has 0 heterocycles. The Morgan fingerprint density at radius 1 is 1.14 bits per heavy atom. The molecule has 2 amide bonds. The van der Waals surface area contributed by atoms with Crippen molar-refractivity contribution in [3.05, 3.63) is 64.4 Å². The molecule has 2 aromatic rings. The quantitative estimate of drug-likeness (QED) is 0.601. The topological polar surface area (TPSA) is 58.6 Å². The molecular formula is C22H26BrFN2O3. The van der Waals surface area contributed by atoms with Crippen LogP contribution in [0.5, 0.6) is 5.75 Å². The first-order valence-electron chi connectivity index (χ1n) is 9.53. The van der Waals surface area contributed by atoms with Gasteiger partial charge in [0.25, 0.3) is 5.91 Å². The van der Waals surface area contributed by atoms with E-state index in [1.165, 1.54) is 11.0 Å². The number of nitrogens with zero attached hydrogens (tertiary/aromatic N) is 1. The summed E-state index contributed by atoms with van der Waals surface area (Å²) >= 11 is 3.34. The van der Waals surface area contributed by atoms with Crippen molar-refractivity contribution in [2.45, 2.75) is 45.8 Å². The maximum atomic E-state index is 14.2. The Labute approximate surface area is 179 Å². The number of carbonyl (C=O) groups is 2. The maximum absolute atomic E-state index is 14.2. The molecule has 29 heavy (non-hydrogen) atoms. The zero-order valence-corrected chi connectivity index (χ0v) is 18.4. The Balaban J connectivity index is 2.15. The first-order valence-corrected chi connectivity index (χ1v) is 10.3. The number of rotatable bonds is 9. The van der Waals surface area contributed by atoms with Gasteiger partial charge in [0.15, 0.2) is 6.61 Å². The zero-order chi connectivity index (χ0) is 21.4. The number of hydrogen-bond donors (Lipinski definition) is 1. The van der Waals surface area contributed by atoms with Crippen LogP contribution in [0.1, 0.15) is 32.8 Å². The van der Waals surface area contributed by atoms with Crippen molar-refractivity contribution in [2.75, 3.05) is 6.61 Å². The molecule has 2 unspecified atom stereocenters. The summed E-state index contributed by atoms with van der Waals surface area (Å²) in [5, 5.41) is 2.87. The van der Waals surface area contributed by atoms with Gasteiger partial charge in [-0.2, -0.15) is 0 Å². The number of halogens is 2. The Bertz CT molecular complexity index is 829. The van der Waals surface area contributed by atoms with Crippen LogP contribution < -0.4 is 10.1 Å². The third kappa shape index (κ3) is 6.85. The molecule has 1 N–H and O–H groups in total. The molecule has 0 spiro atoms. The van der Waals surface area contributed by atoms with Crippen molar-refractivity contribution in [2.24, 2.45) is 0 Å². The Kier molecular flexibility index (Phi) is 8.64.